The number of phenolic OH excluding ortho intramolecular Hbond substituents is 6. The Morgan fingerprint density at radius 2 is 0.817 bits per heavy atom. The molecule has 5 atom stereocenters. The molecule has 9 aromatic rings. The monoisotopic (exact) mass is 1100 g/mol. The molecule has 17 N–H and O–H groups in total. The van der Waals surface area contributed by atoms with Crippen LogP contribution in [0.1, 0.15) is 84.9 Å². The molecule has 420 valence electrons. The molecule has 1 aliphatic carbocycles. The molecule has 82 heavy (non-hydrogen) atoms. The van der Waals surface area contributed by atoms with Crippen molar-refractivity contribution in [1.82, 2.24) is 4.98 Å². The van der Waals surface area contributed by atoms with Crippen molar-refractivity contribution in [3.05, 3.63) is 267 Å². The molecule has 1 heterocycles. The first-order valence-electron chi connectivity index (χ1n) is 27.2. The largest absolute Gasteiger partial charge is 0.508 e. The van der Waals surface area contributed by atoms with Crippen molar-refractivity contribution < 1.29 is 30.6 Å². The van der Waals surface area contributed by atoms with E-state index in [1.165, 1.54) is 11.1 Å². The van der Waals surface area contributed by atoms with Crippen LogP contribution in [0.4, 0.5) is 0 Å². The van der Waals surface area contributed by atoms with Crippen LogP contribution in [-0.2, 0) is 38.5 Å². The number of nitrogens with zero attached hydrogens (tertiary/aromatic N) is 2. The van der Waals surface area contributed by atoms with Crippen LogP contribution in [0, 0.1) is 6.92 Å². The van der Waals surface area contributed by atoms with Gasteiger partial charge < -0.3 is 64.3 Å². The molecule has 0 spiro atoms. The number of phenols is 6. The van der Waals surface area contributed by atoms with Gasteiger partial charge >= 0.3 is 0 Å². The van der Waals surface area contributed by atoms with E-state index < -0.39 is 0 Å². The Balaban J connectivity index is 0.000000168. The second kappa shape index (κ2) is 28.2. The molecule has 0 unspecified atom stereocenters. The summed E-state index contributed by atoms with van der Waals surface area (Å²) >= 11 is 0. The molecule has 0 saturated heterocycles. The van der Waals surface area contributed by atoms with Crippen LogP contribution in [0.5, 0.6) is 34.5 Å². The first kappa shape index (κ1) is 58.9. The molecule has 0 saturated carbocycles. The van der Waals surface area contributed by atoms with Crippen LogP contribution in [-0.4, -0.2) is 60.1 Å². The molecule has 0 radical (unpaired) electrons. The lowest BCUT2D eigenvalue weighted by molar-refractivity contribution is 0.474. The number of fused-ring (bicyclic) bond motifs is 2. The van der Waals surface area contributed by atoms with Crippen molar-refractivity contribution in [2.75, 3.05) is 0 Å². The lowest BCUT2D eigenvalue weighted by Crippen LogP contribution is -2.24. The van der Waals surface area contributed by atoms with Gasteiger partial charge in [0.15, 0.2) is 0 Å². The number of H-pyrrole nitrogens is 1. The predicted molar refractivity (Wildman–Crippen MR) is 330 cm³/mol. The summed E-state index contributed by atoms with van der Waals surface area (Å²) in [7, 11) is 0. The highest BCUT2D eigenvalue weighted by molar-refractivity contribution is 6.12. The van der Waals surface area contributed by atoms with Crippen molar-refractivity contribution in [2.24, 2.45) is 38.9 Å². The summed E-state index contributed by atoms with van der Waals surface area (Å²) in [6.07, 6.45) is 15.3. The second-order valence-corrected chi connectivity index (χ2v) is 20.8. The maximum Gasteiger partial charge on any atom is 0.117 e. The Bertz CT molecular complexity index is 3410. The highest BCUT2D eigenvalue weighted by atomic mass is 16.3. The Morgan fingerprint density at radius 3 is 1.27 bits per heavy atom. The number of rotatable bonds is 18. The molecule has 0 amide bonds. The molecular weight excluding hydrogens is 1020 g/mol. The van der Waals surface area contributed by atoms with Gasteiger partial charge in [-0.05, 0) is 179 Å². The smallest absolute Gasteiger partial charge is 0.117 e. The van der Waals surface area contributed by atoms with Gasteiger partial charge in [-0.2, -0.15) is 10.2 Å². The minimum Gasteiger partial charge on any atom is -0.508 e. The standard InChI is InChI=1S/C31H35N3O2.C19H15N3O2.C18H22N2O2/c1-20-2-4-21(5-3-20)14-29(32)24-17-25(30(33)15-22-6-10-27(35)11-7-22)19-26(18-24)31(34)16-23-8-12-28(36)13-9-23;23-15-3-5-17-12(7-15)1-2-13(17)10-21-22-11-14-9-20-19-8-16(24)4-6-18(14)19;19-15(11-13-1-7-17(21)8-2-13)5-6-16(20)12-14-3-9-18(22)10-4-14/h2-13,17-19,29-31,35-36H,14-16,32-34H2,1H3;2-11,20,23-24H,1H2;1-10,15-16,21-22H,11-12,19-20H2/b;21-10+,22-11+;6-5+/t29-,30-,31-;;15-,16-/m0.1/s1. The number of allylic oxidation sites excluding steroid dienone is 2. The van der Waals surface area contributed by atoms with Crippen LogP contribution in [0.15, 0.2) is 211 Å². The van der Waals surface area contributed by atoms with Crippen LogP contribution < -0.4 is 28.7 Å². The number of aromatic nitrogens is 1. The van der Waals surface area contributed by atoms with Crippen LogP contribution in [0.3, 0.4) is 0 Å². The third kappa shape index (κ3) is 17.4. The third-order valence-corrected chi connectivity index (χ3v) is 14.2. The normalized spacial score (nSPS) is 13.9. The molecule has 14 heteroatoms. The molecule has 8 aromatic carbocycles. The first-order chi connectivity index (χ1) is 39.5. The number of benzene rings is 8. The van der Waals surface area contributed by atoms with E-state index in [9.17, 15) is 30.6 Å². The number of hydrogen-bond acceptors (Lipinski definition) is 13. The fraction of sp³-hybridized carbons (Fsp3) is 0.176. The van der Waals surface area contributed by atoms with Crippen LogP contribution in [0.25, 0.3) is 16.5 Å². The van der Waals surface area contributed by atoms with Gasteiger partial charge in [0, 0.05) is 58.9 Å². The zero-order valence-electron chi connectivity index (χ0n) is 45.8. The Morgan fingerprint density at radius 1 is 0.439 bits per heavy atom. The topological polar surface area (TPSA) is 292 Å². The highest BCUT2D eigenvalue weighted by Gasteiger charge is 2.18. The summed E-state index contributed by atoms with van der Waals surface area (Å²) < 4.78 is 0. The molecule has 1 aromatic heterocycles. The summed E-state index contributed by atoms with van der Waals surface area (Å²) in [6, 6.07) is 52.6. The van der Waals surface area contributed by atoms with E-state index in [0.29, 0.717) is 32.1 Å². The molecular formula is C68H72N8O6. The SMILES string of the molecule is Cc1ccc(C[C@H](N)c2cc([C@@H](N)Cc3ccc(O)cc3)cc([C@@H](N)Cc3ccc(O)cc3)c2)cc1.N[C@H](/C=C/[C@@H](N)Cc1ccc(O)cc1)Cc1ccc(O)cc1.Oc1ccc2c(c1)CC=C2/C=N/N=C/c1c[nH]c2cc(O)ccc12. The third-order valence-electron chi connectivity index (χ3n) is 14.2. The zero-order valence-corrected chi connectivity index (χ0v) is 45.8. The van der Waals surface area contributed by atoms with E-state index in [2.05, 4.69) is 70.7 Å². The number of nitrogens with two attached hydrogens (primary N) is 5. The van der Waals surface area contributed by atoms with Gasteiger partial charge in [0.1, 0.15) is 34.5 Å². The van der Waals surface area contributed by atoms with Gasteiger partial charge in [0.25, 0.3) is 0 Å². The fourth-order valence-electron chi connectivity index (χ4n) is 9.60. The van der Waals surface area contributed by atoms with Gasteiger partial charge in [-0.1, -0.05) is 121 Å². The van der Waals surface area contributed by atoms with Crippen LogP contribution >= 0.6 is 0 Å². The molecule has 14 nitrogen and oxygen atoms in total. The zero-order chi connectivity index (χ0) is 58.1. The van der Waals surface area contributed by atoms with E-state index in [-0.39, 0.29) is 64.7 Å². The number of hydrogen-bond donors (Lipinski definition) is 12. The van der Waals surface area contributed by atoms with E-state index in [0.717, 1.165) is 78.5 Å². The summed E-state index contributed by atoms with van der Waals surface area (Å²) in [4.78, 5) is 3.09. The predicted octanol–water partition coefficient (Wildman–Crippen LogP) is 10.9. The molecule has 0 fully saturated rings. The Labute approximate surface area is 478 Å². The minimum absolute atomic E-state index is 0.115. The average Bonchev–Trinajstić information content (AvgIpc) is 4.10. The van der Waals surface area contributed by atoms with E-state index in [4.69, 9.17) is 28.7 Å². The quantitative estimate of drug-likeness (QED) is 0.0218. The second-order valence-electron chi connectivity index (χ2n) is 20.8. The summed E-state index contributed by atoms with van der Waals surface area (Å²) in [5.74, 6) is 1.48. The van der Waals surface area contributed by atoms with Crippen molar-refractivity contribution in [2.45, 2.75) is 75.7 Å². The molecule has 0 aliphatic heterocycles. The van der Waals surface area contributed by atoms with E-state index >= 15 is 0 Å². The summed E-state index contributed by atoms with van der Waals surface area (Å²) in [5.41, 5.74) is 46.7. The number of nitrogens with one attached hydrogen (secondary N) is 1. The lowest BCUT2D eigenvalue weighted by Gasteiger charge is -2.22. The lowest BCUT2D eigenvalue weighted by atomic mass is 9.89. The number of aromatic hydroxyl groups is 6. The molecule has 10 rings (SSSR count). The maximum absolute atomic E-state index is 9.60. The molecule has 0 bridgehead atoms. The highest BCUT2D eigenvalue weighted by Crippen LogP contribution is 2.31. The van der Waals surface area contributed by atoms with Gasteiger partial charge in [-0.25, -0.2) is 0 Å². The van der Waals surface area contributed by atoms with Crippen LogP contribution in [0.2, 0.25) is 0 Å². The van der Waals surface area contributed by atoms with Crippen molar-refractivity contribution in [3.63, 3.8) is 0 Å². The summed E-state index contributed by atoms with van der Waals surface area (Å²) in [6.45, 7) is 2.07. The number of aromatic amines is 1. The first-order valence-corrected chi connectivity index (χ1v) is 27.2. The fourth-order valence-corrected chi connectivity index (χ4v) is 9.60. The average molecular weight is 1100 g/mol. The summed E-state index contributed by atoms with van der Waals surface area (Å²) in [5, 5.41) is 65.9. The Hall–Kier alpha value is -9.28. The maximum atomic E-state index is 9.60. The van der Waals surface area contributed by atoms with Gasteiger partial charge in [0.2, 0.25) is 0 Å². The van der Waals surface area contributed by atoms with E-state index in [1.807, 2.05) is 79.0 Å². The van der Waals surface area contributed by atoms with Crippen molar-refractivity contribution in [3.8, 4) is 34.5 Å². The van der Waals surface area contributed by atoms with Crippen molar-refractivity contribution in [1.29, 1.82) is 0 Å². The van der Waals surface area contributed by atoms with Crippen molar-refractivity contribution >= 4 is 28.9 Å². The van der Waals surface area contributed by atoms with Gasteiger partial charge in [-0.15, -0.1) is 0 Å². The Kier molecular flexibility index (Phi) is 20.3. The van der Waals surface area contributed by atoms with Gasteiger partial charge in [-0.3, -0.25) is 0 Å². The molecule has 1 aliphatic rings. The van der Waals surface area contributed by atoms with E-state index in [1.54, 1.807) is 85.2 Å². The number of aryl methyl sites for hydroxylation is 1. The minimum atomic E-state index is -0.249. The van der Waals surface area contributed by atoms with Gasteiger partial charge in [0.05, 0.1) is 12.4 Å².